The predicted octanol–water partition coefficient (Wildman–Crippen LogP) is 4.80. The predicted molar refractivity (Wildman–Crippen MR) is 108 cm³/mol. The number of ether oxygens (including phenoxy) is 1. The highest BCUT2D eigenvalue weighted by molar-refractivity contribution is 9.10. The second-order valence-electron chi connectivity index (χ2n) is 5.87. The van der Waals surface area contributed by atoms with Crippen LogP contribution in [0.25, 0.3) is 0 Å². The second kappa shape index (κ2) is 9.38. The Morgan fingerprint density at radius 2 is 1.88 bits per heavy atom. The molecule has 0 bridgehead atoms. The summed E-state index contributed by atoms with van der Waals surface area (Å²) in [7, 11) is 0. The monoisotopic (exact) mass is 418 g/mol. The van der Waals surface area contributed by atoms with Crippen LogP contribution in [0.3, 0.4) is 0 Å². The molecule has 0 spiro atoms. The molecule has 1 amide bonds. The third-order valence-electron chi connectivity index (χ3n) is 3.99. The number of anilines is 2. The van der Waals surface area contributed by atoms with Crippen molar-refractivity contribution >= 4 is 39.2 Å². The number of nitrogen functional groups attached to an aromatic ring is 1. The molecule has 2 aromatic carbocycles. The van der Waals surface area contributed by atoms with Gasteiger partial charge in [0.15, 0.2) is 0 Å². The number of carbonyl (C=O) groups is 2. The van der Waals surface area contributed by atoms with E-state index in [9.17, 15) is 9.59 Å². The normalized spacial score (nSPS) is 10.4. The average Bonchev–Trinajstić information content (AvgIpc) is 2.62. The molecule has 2 aromatic rings. The van der Waals surface area contributed by atoms with Gasteiger partial charge in [-0.3, -0.25) is 4.79 Å². The zero-order valence-corrected chi connectivity index (χ0v) is 16.6. The van der Waals surface area contributed by atoms with Gasteiger partial charge in [0.25, 0.3) is 5.91 Å². The lowest BCUT2D eigenvalue weighted by atomic mass is 10.1. The van der Waals surface area contributed by atoms with Crippen LogP contribution in [0.15, 0.2) is 40.9 Å². The number of aryl methyl sites for hydroxylation is 1. The van der Waals surface area contributed by atoms with Crippen LogP contribution in [0.5, 0.6) is 0 Å². The van der Waals surface area contributed by atoms with E-state index in [1.54, 1.807) is 18.2 Å². The Kier molecular flexibility index (Phi) is 7.21. The summed E-state index contributed by atoms with van der Waals surface area (Å²) in [5, 5.41) is 2.81. The maximum absolute atomic E-state index is 12.6. The van der Waals surface area contributed by atoms with Gasteiger partial charge in [0.05, 0.1) is 23.4 Å². The highest BCUT2D eigenvalue weighted by Crippen LogP contribution is 2.24. The fourth-order valence-corrected chi connectivity index (χ4v) is 3.10. The Morgan fingerprint density at radius 1 is 1.15 bits per heavy atom. The molecule has 0 saturated carbocycles. The van der Waals surface area contributed by atoms with Crippen LogP contribution in [-0.4, -0.2) is 18.5 Å². The molecule has 6 heteroatoms. The average molecular weight is 419 g/mol. The molecule has 5 nitrogen and oxygen atoms in total. The van der Waals surface area contributed by atoms with Crippen molar-refractivity contribution in [2.45, 2.75) is 33.1 Å². The van der Waals surface area contributed by atoms with Gasteiger partial charge in [-0.1, -0.05) is 48.3 Å². The Hall–Kier alpha value is -2.34. The standard InChI is InChI=1S/C20H23BrN2O3/c1-3-5-11-26-20(25)16-8-6-7-15(18(16)22)19(24)23-14-10-9-13(4-2)17(21)12-14/h6-10,12H,3-5,11,22H2,1-2H3,(H,23,24). The summed E-state index contributed by atoms with van der Waals surface area (Å²) >= 11 is 3.49. The first kappa shape index (κ1) is 20.0. The summed E-state index contributed by atoms with van der Waals surface area (Å²) in [5.41, 5.74) is 8.41. The lowest BCUT2D eigenvalue weighted by Gasteiger charge is -2.12. The fourth-order valence-electron chi connectivity index (χ4n) is 2.44. The van der Waals surface area contributed by atoms with Crippen molar-refractivity contribution < 1.29 is 14.3 Å². The zero-order chi connectivity index (χ0) is 19.1. The fraction of sp³-hybridized carbons (Fsp3) is 0.300. The maximum Gasteiger partial charge on any atom is 0.340 e. The van der Waals surface area contributed by atoms with Crippen LogP contribution in [0.4, 0.5) is 11.4 Å². The molecule has 0 heterocycles. The first-order valence-corrected chi connectivity index (χ1v) is 9.42. The topological polar surface area (TPSA) is 81.4 Å². The van der Waals surface area contributed by atoms with Crippen LogP contribution < -0.4 is 11.1 Å². The number of rotatable bonds is 7. The van der Waals surface area contributed by atoms with Gasteiger partial charge in [-0.2, -0.15) is 0 Å². The number of carbonyl (C=O) groups excluding carboxylic acids is 2. The SMILES string of the molecule is CCCCOC(=O)c1cccc(C(=O)Nc2ccc(CC)c(Br)c2)c1N. The van der Waals surface area contributed by atoms with Crippen molar-refractivity contribution in [1.82, 2.24) is 0 Å². The van der Waals surface area contributed by atoms with Gasteiger partial charge in [0, 0.05) is 10.2 Å². The zero-order valence-electron chi connectivity index (χ0n) is 15.0. The molecular formula is C20H23BrN2O3. The molecule has 0 fully saturated rings. The molecule has 0 saturated heterocycles. The Bertz CT molecular complexity index is 806. The number of para-hydroxylation sites is 1. The van der Waals surface area contributed by atoms with Crippen molar-refractivity contribution in [3.8, 4) is 0 Å². The minimum Gasteiger partial charge on any atom is -0.462 e. The molecule has 26 heavy (non-hydrogen) atoms. The van der Waals surface area contributed by atoms with E-state index >= 15 is 0 Å². The summed E-state index contributed by atoms with van der Waals surface area (Å²) in [4.78, 5) is 24.7. The maximum atomic E-state index is 12.6. The number of hydrogen-bond acceptors (Lipinski definition) is 4. The summed E-state index contributed by atoms with van der Waals surface area (Å²) in [6, 6.07) is 10.4. The number of benzene rings is 2. The smallest absolute Gasteiger partial charge is 0.340 e. The van der Waals surface area contributed by atoms with Crippen molar-refractivity contribution in [3.63, 3.8) is 0 Å². The van der Waals surface area contributed by atoms with E-state index in [2.05, 4.69) is 28.2 Å². The molecule has 0 aliphatic rings. The van der Waals surface area contributed by atoms with E-state index in [0.29, 0.717) is 12.3 Å². The Labute approximate surface area is 162 Å². The number of unbranched alkanes of at least 4 members (excludes halogenated alkanes) is 1. The van der Waals surface area contributed by atoms with Crippen molar-refractivity contribution in [2.24, 2.45) is 0 Å². The van der Waals surface area contributed by atoms with E-state index in [0.717, 1.165) is 29.3 Å². The highest BCUT2D eigenvalue weighted by Gasteiger charge is 2.18. The number of nitrogens with two attached hydrogens (primary N) is 1. The van der Waals surface area contributed by atoms with Gasteiger partial charge < -0.3 is 15.8 Å². The van der Waals surface area contributed by atoms with E-state index in [4.69, 9.17) is 10.5 Å². The van der Waals surface area contributed by atoms with Gasteiger partial charge in [-0.05, 0) is 42.7 Å². The summed E-state index contributed by atoms with van der Waals surface area (Å²) in [6.45, 7) is 4.41. The third kappa shape index (κ3) is 4.85. The van der Waals surface area contributed by atoms with Crippen LogP contribution in [0.2, 0.25) is 0 Å². The minimum atomic E-state index is -0.513. The molecule has 0 unspecified atom stereocenters. The lowest BCUT2D eigenvalue weighted by Crippen LogP contribution is -2.17. The van der Waals surface area contributed by atoms with Crippen LogP contribution in [-0.2, 0) is 11.2 Å². The lowest BCUT2D eigenvalue weighted by molar-refractivity contribution is 0.0501. The molecular weight excluding hydrogens is 396 g/mol. The molecule has 0 aliphatic heterocycles. The van der Waals surface area contributed by atoms with Crippen LogP contribution in [0, 0.1) is 0 Å². The number of hydrogen-bond donors (Lipinski definition) is 2. The molecule has 0 radical (unpaired) electrons. The number of nitrogens with one attached hydrogen (secondary N) is 1. The number of esters is 1. The third-order valence-corrected chi connectivity index (χ3v) is 4.73. The van der Waals surface area contributed by atoms with E-state index in [-0.39, 0.29) is 22.7 Å². The van der Waals surface area contributed by atoms with Gasteiger partial charge >= 0.3 is 5.97 Å². The number of halogens is 1. The largest absolute Gasteiger partial charge is 0.462 e. The summed E-state index contributed by atoms with van der Waals surface area (Å²) in [5.74, 6) is -0.887. The number of amides is 1. The van der Waals surface area contributed by atoms with Crippen molar-refractivity contribution in [2.75, 3.05) is 17.7 Å². The minimum absolute atomic E-state index is 0.121. The van der Waals surface area contributed by atoms with Gasteiger partial charge in [0.2, 0.25) is 0 Å². The quantitative estimate of drug-likeness (QED) is 0.384. The molecule has 2 rings (SSSR count). The Balaban J connectivity index is 2.17. The van der Waals surface area contributed by atoms with Crippen molar-refractivity contribution in [1.29, 1.82) is 0 Å². The summed E-state index contributed by atoms with van der Waals surface area (Å²) in [6.07, 6.45) is 2.61. The van der Waals surface area contributed by atoms with Crippen LogP contribution >= 0.6 is 15.9 Å². The highest BCUT2D eigenvalue weighted by atomic mass is 79.9. The molecule has 0 aromatic heterocycles. The molecule has 138 valence electrons. The first-order chi connectivity index (χ1) is 12.5. The first-order valence-electron chi connectivity index (χ1n) is 8.63. The van der Waals surface area contributed by atoms with Crippen molar-refractivity contribution in [3.05, 3.63) is 57.6 Å². The Morgan fingerprint density at radius 3 is 2.54 bits per heavy atom. The second-order valence-corrected chi connectivity index (χ2v) is 6.72. The molecule has 3 N–H and O–H groups in total. The van der Waals surface area contributed by atoms with E-state index < -0.39 is 5.97 Å². The van der Waals surface area contributed by atoms with Gasteiger partial charge in [-0.15, -0.1) is 0 Å². The van der Waals surface area contributed by atoms with Gasteiger partial charge in [-0.25, -0.2) is 4.79 Å². The molecule has 0 atom stereocenters. The summed E-state index contributed by atoms with van der Waals surface area (Å²) < 4.78 is 6.12. The van der Waals surface area contributed by atoms with E-state index in [1.807, 2.05) is 25.1 Å². The molecule has 0 aliphatic carbocycles. The van der Waals surface area contributed by atoms with Gasteiger partial charge in [0.1, 0.15) is 0 Å². The van der Waals surface area contributed by atoms with Crippen LogP contribution in [0.1, 0.15) is 53.0 Å². The van der Waals surface area contributed by atoms with E-state index in [1.165, 1.54) is 0 Å².